The standard InChI is InChI=1S/C14H30N2/c1-11-7-13(3)16(9-11)10-12(2)8-15-14(4,5)6/h11-13,15H,7-10H2,1-6H3. The van der Waals surface area contributed by atoms with Crippen LogP contribution in [0.1, 0.15) is 48.0 Å². The van der Waals surface area contributed by atoms with Gasteiger partial charge in [-0.1, -0.05) is 13.8 Å². The van der Waals surface area contributed by atoms with Crippen molar-refractivity contribution in [2.24, 2.45) is 11.8 Å². The molecule has 0 aromatic heterocycles. The maximum atomic E-state index is 3.59. The largest absolute Gasteiger partial charge is 0.312 e. The molecule has 16 heavy (non-hydrogen) atoms. The smallest absolute Gasteiger partial charge is 0.00966 e. The summed E-state index contributed by atoms with van der Waals surface area (Å²) in [6.07, 6.45) is 1.37. The summed E-state index contributed by atoms with van der Waals surface area (Å²) in [4.78, 5) is 2.65. The van der Waals surface area contributed by atoms with Crippen molar-refractivity contribution in [3.63, 3.8) is 0 Å². The third-order valence-electron chi connectivity index (χ3n) is 3.44. The molecule has 96 valence electrons. The zero-order chi connectivity index (χ0) is 12.3. The quantitative estimate of drug-likeness (QED) is 0.793. The van der Waals surface area contributed by atoms with E-state index in [9.17, 15) is 0 Å². The fourth-order valence-electron chi connectivity index (χ4n) is 2.59. The number of likely N-dealkylation sites (tertiary alicyclic amines) is 1. The molecule has 2 heteroatoms. The first kappa shape index (κ1) is 14.0. The maximum absolute atomic E-state index is 3.59. The summed E-state index contributed by atoms with van der Waals surface area (Å²) in [5.74, 6) is 1.63. The Kier molecular flexibility index (Phi) is 4.81. The Labute approximate surface area is 102 Å². The Morgan fingerprint density at radius 2 is 1.94 bits per heavy atom. The average molecular weight is 226 g/mol. The molecule has 0 aliphatic carbocycles. The lowest BCUT2D eigenvalue weighted by Crippen LogP contribution is -2.42. The molecule has 0 radical (unpaired) electrons. The van der Waals surface area contributed by atoms with Crippen molar-refractivity contribution >= 4 is 0 Å². The van der Waals surface area contributed by atoms with Gasteiger partial charge in [0, 0.05) is 24.7 Å². The van der Waals surface area contributed by atoms with Gasteiger partial charge >= 0.3 is 0 Å². The van der Waals surface area contributed by atoms with E-state index in [4.69, 9.17) is 0 Å². The third kappa shape index (κ3) is 4.84. The minimum Gasteiger partial charge on any atom is -0.312 e. The van der Waals surface area contributed by atoms with E-state index in [1.807, 2.05) is 0 Å². The van der Waals surface area contributed by atoms with Gasteiger partial charge in [-0.05, 0) is 52.5 Å². The fraction of sp³-hybridized carbons (Fsp3) is 1.00. The first-order valence-corrected chi connectivity index (χ1v) is 6.77. The predicted molar refractivity (Wildman–Crippen MR) is 71.7 cm³/mol. The number of hydrogen-bond acceptors (Lipinski definition) is 2. The SMILES string of the molecule is CC(CNC(C)(C)C)CN1CC(C)CC1C. The second-order valence-corrected chi connectivity index (χ2v) is 6.88. The Morgan fingerprint density at radius 3 is 2.38 bits per heavy atom. The van der Waals surface area contributed by atoms with Crippen LogP contribution in [0.15, 0.2) is 0 Å². The van der Waals surface area contributed by atoms with Crippen LogP contribution in [-0.2, 0) is 0 Å². The van der Waals surface area contributed by atoms with Crippen LogP contribution in [0.2, 0.25) is 0 Å². The molecular formula is C14H30N2. The molecule has 0 amide bonds. The van der Waals surface area contributed by atoms with Gasteiger partial charge in [0.15, 0.2) is 0 Å². The highest BCUT2D eigenvalue weighted by atomic mass is 15.2. The van der Waals surface area contributed by atoms with Gasteiger partial charge in [-0.15, -0.1) is 0 Å². The van der Waals surface area contributed by atoms with Gasteiger partial charge in [0.25, 0.3) is 0 Å². The lowest BCUT2D eigenvalue weighted by atomic mass is 10.1. The van der Waals surface area contributed by atoms with Crippen molar-refractivity contribution in [3.8, 4) is 0 Å². The molecule has 0 saturated carbocycles. The van der Waals surface area contributed by atoms with Crippen LogP contribution in [0, 0.1) is 11.8 Å². The Balaban J connectivity index is 2.26. The summed E-state index contributed by atoms with van der Waals surface area (Å²) in [5.41, 5.74) is 0.248. The Hall–Kier alpha value is -0.0800. The molecule has 1 rings (SSSR count). The summed E-state index contributed by atoms with van der Waals surface area (Å²) in [6, 6.07) is 0.784. The maximum Gasteiger partial charge on any atom is 0.00966 e. The minimum absolute atomic E-state index is 0.248. The van der Waals surface area contributed by atoms with Gasteiger partial charge in [0.1, 0.15) is 0 Å². The summed E-state index contributed by atoms with van der Waals surface area (Å²) in [7, 11) is 0. The molecule has 3 atom stereocenters. The number of nitrogens with zero attached hydrogens (tertiary/aromatic N) is 1. The summed E-state index contributed by atoms with van der Waals surface area (Å²) < 4.78 is 0. The number of hydrogen-bond donors (Lipinski definition) is 1. The first-order valence-electron chi connectivity index (χ1n) is 6.77. The topological polar surface area (TPSA) is 15.3 Å². The van der Waals surface area contributed by atoms with E-state index < -0.39 is 0 Å². The molecule has 0 aromatic carbocycles. The highest BCUT2D eigenvalue weighted by Crippen LogP contribution is 2.23. The molecule has 1 heterocycles. The van der Waals surface area contributed by atoms with E-state index in [0.717, 1.165) is 24.4 Å². The second-order valence-electron chi connectivity index (χ2n) is 6.88. The molecule has 0 spiro atoms. The van der Waals surface area contributed by atoms with Crippen molar-refractivity contribution < 1.29 is 0 Å². The molecule has 1 saturated heterocycles. The van der Waals surface area contributed by atoms with E-state index in [2.05, 4.69) is 51.8 Å². The lowest BCUT2D eigenvalue weighted by Gasteiger charge is -2.28. The van der Waals surface area contributed by atoms with Crippen LogP contribution in [0.5, 0.6) is 0 Å². The zero-order valence-electron chi connectivity index (χ0n) is 12.0. The van der Waals surface area contributed by atoms with Crippen LogP contribution in [0.3, 0.4) is 0 Å². The molecule has 0 bridgehead atoms. The van der Waals surface area contributed by atoms with Crippen molar-refractivity contribution in [2.75, 3.05) is 19.6 Å². The van der Waals surface area contributed by atoms with Crippen LogP contribution >= 0.6 is 0 Å². The fourth-order valence-corrected chi connectivity index (χ4v) is 2.59. The molecular weight excluding hydrogens is 196 g/mol. The van der Waals surface area contributed by atoms with Gasteiger partial charge in [0.2, 0.25) is 0 Å². The van der Waals surface area contributed by atoms with E-state index in [0.29, 0.717) is 0 Å². The first-order chi connectivity index (χ1) is 7.28. The molecule has 2 nitrogen and oxygen atoms in total. The molecule has 1 aliphatic rings. The van der Waals surface area contributed by atoms with Crippen LogP contribution in [0.4, 0.5) is 0 Å². The summed E-state index contributed by atoms with van der Waals surface area (Å²) in [5, 5.41) is 3.59. The molecule has 1 N–H and O–H groups in total. The van der Waals surface area contributed by atoms with Crippen molar-refractivity contribution in [1.82, 2.24) is 10.2 Å². The monoisotopic (exact) mass is 226 g/mol. The molecule has 1 aliphatic heterocycles. The van der Waals surface area contributed by atoms with E-state index in [1.165, 1.54) is 19.5 Å². The number of rotatable bonds is 4. The predicted octanol–water partition coefficient (Wildman–Crippen LogP) is 2.74. The van der Waals surface area contributed by atoms with Crippen LogP contribution in [-0.4, -0.2) is 36.1 Å². The normalized spacial score (nSPS) is 29.6. The average Bonchev–Trinajstić information content (AvgIpc) is 2.41. The van der Waals surface area contributed by atoms with Crippen LogP contribution < -0.4 is 5.32 Å². The summed E-state index contributed by atoms with van der Waals surface area (Å²) >= 11 is 0. The van der Waals surface area contributed by atoms with Gasteiger partial charge in [-0.3, -0.25) is 0 Å². The molecule has 3 unspecified atom stereocenters. The molecule has 1 fully saturated rings. The summed E-state index contributed by atoms with van der Waals surface area (Å²) in [6.45, 7) is 17.5. The lowest BCUT2D eigenvalue weighted by molar-refractivity contribution is 0.219. The van der Waals surface area contributed by atoms with E-state index in [1.54, 1.807) is 0 Å². The van der Waals surface area contributed by atoms with E-state index in [-0.39, 0.29) is 5.54 Å². The van der Waals surface area contributed by atoms with Gasteiger partial charge in [0.05, 0.1) is 0 Å². The van der Waals surface area contributed by atoms with Crippen LogP contribution in [0.25, 0.3) is 0 Å². The molecule has 0 aromatic rings. The Morgan fingerprint density at radius 1 is 1.31 bits per heavy atom. The van der Waals surface area contributed by atoms with Gasteiger partial charge in [-0.25, -0.2) is 0 Å². The highest BCUT2D eigenvalue weighted by molar-refractivity contribution is 4.82. The van der Waals surface area contributed by atoms with Crippen molar-refractivity contribution in [3.05, 3.63) is 0 Å². The van der Waals surface area contributed by atoms with Crippen molar-refractivity contribution in [2.45, 2.75) is 59.5 Å². The third-order valence-corrected chi connectivity index (χ3v) is 3.44. The minimum atomic E-state index is 0.248. The number of nitrogens with one attached hydrogen (secondary N) is 1. The van der Waals surface area contributed by atoms with Gasteiger partial charge < -0.3 is 10.2 Å². The Bertz CT molecular complexity index is 207. The van der Waals surface area contributed by atoms with Gasteiger partial charge in [-0.2, -0.15) is 0 Å². The zero-order valence-corrected chi connectivity index (χ0v) is 12.0. The van der Waals surface area contributed by atoms with Crippen molar-refractivity contribution in [1.29, 1.82) is 0 Å². The highest BCUT2D eigenvalue weighted by Gasteiger charge is 2.26. The van der Waals surface area contributed by atoms with E-state index >= 15 is 0 Å². The second kappa shape index (κ2) is 5.50.